The first-order valence-corrected chi connectivity index (χ1v) is 10.3. The van der Waals surface area contributed by atoms with Crippen molar-refractivity contribution in [2.75, 3.05) is 16.8 Å². The Morgan fingerprint density at radius 2 is 1.97 bits per heavy atom. The van der Waals surface area contributed by atoms with Crippen LogP contribution in [-0.4, -0.2) is 28.3 Å². The largest absolute Gasteiger partial charge is 0.322 e. The van der Waals surface area contributed by atoms with Crippen molar-refractivity contribution in [3.63, 3.8) is 0 Å². The highest BCUT2D eigenvalue weighted by molar-refractivity contribution is 7.98. The molecule has 1 N–H and O–H groups in total. The normalized spacial score (nSPS) is 12.5. The van der Waals surface area contributed by atoms with E-state index < -0.39 is 0 Å². The predicted octanol–water partition coefficient (Wildman–Crippen LogP) is 3.93. The van der Waals surface area contributed by atoms with Crippen LogP contribution in [0.15, 0.2) is 66.1 Å². The predicted molar refractivity (Wildman–Crippen MR) is 114 cm³/mol. The number of aromatic nitrogens is 2. The van der Waals surface area contributed by atoms with Crippen LogP contribution in [0.3, 0.4) is 0 Å². The fourth-order valence-corrected chi connectivity index (χ4v) is 4.24. The first kappa shape index (κ1) is 19.1. The molecule has 0 spiro atoms. The molecule has 2 aromatic heterocycles. The SMILES string of the molecule is CC(=O)N1CCc2ccc(NC(=O)c3cccnc3SCc3ccncc3)cc21. The number of nitrogens with one attached hydrogen (secondary N) is 1. The van der Waals surface area contributed by atoms with Crippen LogP contribution < -0.4 is 10.2 Å². The highest BCUT2D eigenvalue weighted by atomic mass is 32.2. The summed E-state index contributed by atoms with van der Waals surface area (Å²) in [6.45, 7) is 2.24. The highest BCUT2D eigenvalue weighted by Gasteiger charge is 2.23. The van der Waals surface area contributed by atoms with Crippen molar-refractivity contribution in [2.45, 2.75) is 24.1 Å². The third-order valence-electron chi connectivity index (χ3n) is 4.76. The molecular formula is C22H20N4O2S. The number of hydrogen-bond acceptors (Lipinski definition) is 5. The second-order valence-electron chi connectivity index (χ2n) is 6.72. The molecule has 146 valence electrons. The zero-order valence-electron chi connectivity index (χ0n) is 16.0. The van der Waals surface area contributed by atoms with Crippen LogP contribution in [0.25, 0.3) is 0 Å². The van der Waals surface area contributed by atoms with Crippen LogP contribution in [-0.2, 0) is 17.0 Å². The van der Waals surface area contributed by atoms with Gasteiger partial charge < -0.3 is 10.2 Å². The first-order valence-electron chi connectivity index (χ1n) is 9.31. The minimum atomic E-state index is -0.220. The van der Waals surface area contributed by atoms with Crippen LogP contribution >= 0.6 is 11.8 Å². The maximum absolute atomic E-state index is 12.9. The minimum absolute atomic E-state index is 0.00860. The van der Waals surface area contributed by atoms with E-state index >= 15 is 0 Å². The number of hydrogen-bond donors (Lipinski definition) is 1. The van der Waals surface area contributed by atoms with E-state index in [0.29, 0.717) is 28.6 Å². The van der Waals surface area contributed by atoms with Gasteiger partial charge in [-0.05, 0) is 53.9 Å². The maximum atomic E-state index is 12.9. The molecule has 2 amide bonds. The Morgan fingerprint density at radius 1 is 1.14 bits per heavy atom. The first-order chi connectivity index (χ1) is 14.1. The van der Waals surface area contributed by atoms with Gasteiger partial charge in [0, 0.05) is 49.2 Å². The van der Waals surface area contributed by atoms with Gasteiger partial charge in [-0.1, -0.05) is 6.07 Å². The molecule has 0 saturated carbocycles. The van der Waals surface area contributed by atoms with E-state index in [1.54, 1.807) is 42.5 Å². The molecule has 0 saturated heterocycles. The van der Waals surface area contributed by atoms with Crippen LogP contribution in [0.2, 0.25) is 0 Å². The van der Waals surface area contributed by atoms with Crippen molar-refractivity contribution in [3.8, 4) is 0 Å². The van der Waals surface area contributed by atoms with Gasteiger partial charge in [-0.3, -0.25) is 14.6 Å². The Kier molecular flexibility index (Phi) is 5.57. The standard InChI is InChI=1S/C22H20N4O2S/c1-15(27)26-12-8-17-4-5-18(13-20(17)26)25-21(28)19-3-2-9-24-22(19)29-14-16-6-10-23-11-7-16/h2-7,9-11,13H,8,12,14H2,1H3,(H,25,28). The summed E-state index contributed by atoms with van der Waals surface area (Å²) in [5.74, 6) is 0.489. The number of amides is 2. The monoisotopic (exact) mass is 404 g/mol. The fraction of sp³-hybridized carbons (Fsp3) is 0.182. The Hall–Kier alpha value is -3.19. The lowest BCUT2D eigenvalue weighted by Crippen LogP contribution is -2.25. The summed E-state index contributed by atoms with van der Waals surface area (Å²) in [5.41, 5.74) is 4.29. The lowest BCUT2D eigenvalue weighted by atomic mass is 10.1. The van der Waals surface area contributed by atoms with E-state index in [4.69, 9.17) is 0 Å². The molecular weight excluding hydrogens is 384 g/mol. The summed E-state index contributed by atoms with van der Waals surface area (Å²) >= 11 is 1.51. The summed E-state index contributed by atoms with van der Waals surface area (Å²) < 4.78 is 0. The van der Waals surface area contributed by atoms with Crippen LogP contribution in [0.4, 0.5) is 11.4 Å². The number of fused-ring (bicyclic) bond motifs is 1. The molecule has 4 rings (SSSR count). The number of carbonyl (C=O) groups is 2. The van der Waals surface area contributed by atoms with Crippen LogP contribution in [0.5, 0.6) is 0 Å². The van der Waals surface area contributed by atoms with Gasteiger partial charge in [0.05, 0.1) is 5.56 Å². The van der Waals surface area contributed by atoms with E-state index in [0.717, 1.165) is 23.2 Å². The molecule has 0 unspecified atom stereocenters. The molecule has 3 heterocycles. The third-order valence-corrected chi connectivity index (χ3v) is 5.84. The Labute approximate surface area is 173 Å². The second-order valence-corrected chi connectivity index (χ2v) is 7.68. The molecule has 1 aromatic carbocycles. The van der Waals surface area contributed by atoms with Gasteiger partial charge >= 0.3 is 0 Å². The molecule has 7 heteroatoms. The molecule has 1 aliphatic heterocycles. The summed E-state index contributed by atoms with van der Waals surface area (Å²) in [5, 5.41) is 3.62. The molecule has 0 aliphatic carbocycles. The van der Waals surface area contributed by atoms with Crippen LogP contribution in [0, 0.1) is 0 Å². The number of carbonyl (C=O) groups excluding carboxylic acids is 2. The number of nitrogens with zero attached hydrogens (tertiary/aromatic N) is 3. The van der Waals surface area contributed by atoms with Crippen molar-refractivity contribution >= 4 is 35.0 Å². The lowest BCUT2D eigenvalue weighted by Gasteiger charge is -2.16. The van der Waals surface area contributed by atoms with Crippen LogP contribution in [0.1, 0.15) is 28.4 Å². The van der Waals surface area contributed by atoms with Gasteiger partial charge in [-0.25, -0.2) is 4.98 Å². The second kappa shape index (κ2) is 8.45. The highest BCUT2D eigenvalue weighted by Crippen LogP contribution is 2.31. The van der Waals surface area contributed by atoms with Crippen molar-refractivity contribution in [1.29, 1.82) is 0 Å². The smallest absolute Gasteiger partial charge is 0.258 e. The Morgan fingerprint density at radius 3 is 2.76 bits per heavy atom. The fourth-order valence-electron chi connectivity index (χ4n) is 3.29. The number of rotatable bonds is 5. The number of benzene rings is 1. The molecule has 1 aliphatic rings. The van der Waals surface area contributed by atoms with Gasteiger partial charge in [0.15, 0.2) is 0 Å². The van der Waals surface area contributed by atoms with Gasteiger partial charge in [-0.2, -0.15) is 0 Å². The number of anilines is 2. The van der Waals surface area contributed by atoms with E-state index in [2.05, 4.69) is 15.3 Å². The van der Waals surface area contributed by atoms with E-state index in [1.807, 2.05) is 30.3 Å². The number of pyridine rings is 2. The van der Waals surface area contributed by atoms with E-state index in [-0.39, 0.29) is 11.8 Å². The average molecular weight is 404 g/mol. The third kappa shape index (κ3) is 4.30. The summed E-state index contributed by atoms with van der Waals surface area (Å²) in [7, 11) is 0. The van der Waals surface area contributed by atoms with Crippen molar-refractivity contribution < 1.29 is 9.59 Å². The van der Waals surface area contributed by atoms with Crippen molar-refractivity contribution in [2.24, 2.45) is 0 Å². The van der Waals surface area contributed by atoms with Crippen molar-refractivity contribution in [1.82, 2.24) is 9.97 Å². The molecule has 6 nitrogen and oxygen atoms in total. The van der Waals surface area contributed by atoms with Gasteiger partial charge in [0.2, 0.25) is 5.91 Å². The summed E-state index contributed by atoms with van der Waals surface area (Å²) in [6.07, 6.45) is 6.02. The zero-order chi connectivity index (χ0) is 20.2. The van der Waals surface area contributed by atoms with Gasteiger partial charge in [0.25, 0.3) is 5.91 Å². The lowest BCUT2D eigenvalue weighted by molar-refractivity contribution is -0.116. The molecule has 0 bridgehead atoms. The van der Waals surface area contributed by atoms with E-state index in [1.165, 1.54) is 11.8 Å². The summed E-state index contributed by atoms with van der Waals surface area (Å²) in [6, 6.07) is 13.1. The quantitative estimate of drug-likeness (QED) is 0.652. The minimum Gasteiger partial charge on any atom is -0.322 e. The van der Waals surface area contributed by atoms with E-state index in [9.17, 15) is 9.59 Å². The Balaban J connectivity index is 1.51. The topological polar surface area (TPSA) is 75.2 Å². The van der Waals surface area contributed by atoms with Gasteiger partial charge in [-0.15, -0.1) is 11.8 Å². The maximum Gasteiger partial charge on any atom is 0.258 e. The average Bonchev–Trinajstić information content (AvgIpc) is 3.17. The molecule has 3 aromatic rings. The van der Waals surface area contributed by atoms with Crippen molar-refractivity contribution in [3.05, 3.63) is 77.7 Å². The molecule has 0 fully saturated rings. The Bertz CT molecular complexity index is 1060. The zero-order valence-corrected chi connectivity index (χ0v) is 16.8. The molecule has 0 atom stereocenters. The molecule has 29 heavy (non-hydrogen) atoms. The van der Waals surface area contributed by atoms with Gasteiger partial charge in [0.1, 0.15) is 5.03 Å². The number of thioether (sulfide) groups is 1. The molecule has 0 radical (unpaired) electrons. The summed E-state index contributed by atoms with van der Waals surface area (Å²) in [4.78, 5) is 34.9.